The van der Waals surface area contributed by atoms with Crippen LogP contribution in [0.4, 0.5) is 0 Å². The number of pyridine rings is 1. The number of rotatable bonds is 2. The molecular formula is C15H12BN3. The Hall–Kier alpha value is -2.36. The largest absolute Gasteiger partial charge is 0.255 e. The summed E-state index contributed by atoms with van der Waals surface area (Å²) >= 11 is 0. The van der Waals surface area contributed by atoms with Crippen LogP contribution in [-0.2, 0) is 0 Å². The zero-order valence-electron chi connectivity index (χ0n) is 10.6. The average Bonchev–Trinajstić information content (AvgIpc) is 2.88. The van der Waals surface area contributed by atoms with Gasteiger partial charge >= 0.3 is 0 Å². The van der Waals surface area contributed by atoms with Crippen LogP contribution in [0.15, 0.2) is 54.9 Å². The highest BCUT2D eigenvalue weighted by Gasteiger charge is 2.05. The summed E-state index contributed by atoms with van der Waals surface area (Å²) in [6.45, 7) is 2.02. The average molecular weight is 245 g/mol. The van der Waals surface area contributed by atoms with Gasteiger partial charge in [0.15, 0.2) is 0 Å². The molecule has 2 aromatic heterocycles. The molecule has 1 aromatic carbocycles. The minimum absolute atomic E-state index is 0.741. The number of benzene rings is 1. The van der Waals surface area contributed by atoms with E-state index in [1.165, 1.54) is 0 Å². The van der Waals surface area contributed by atoms with Crippen LogP contribution < -0.4 is 5.46 Å². The van der Waals surface area contributed by atoms with Gasteiger partial charge in [-0.15, -0.1) is 0 Å². The lowest BCUT2D eigenvalue weighted by Gasteiger charge is -2.05. The topological polar surface area (TPSA) is 30.7 Å². The molecule has 0 fully saturated rings. The fourth-order valence-corrected chi connectivity index (χ4v) is 2.04. The summed E-state index contributed by atoms with van der Waals surface area (Å²) in [5.74, 6) is 0. The Balaban J connectivity index is 2.02. The Morgan fingerprint density at radius 3 is 2.68 bits per heavy atom. The maximum absolute atomic E-state index is 5.86. The van der Waals surface area contributed by atoms with Crippen molar-refractivity contribution < 1.29 is 0 Å². The van der Waals surface area contributed by atoms with E-state index >= 15 is 0 Å². The predicted molar refractivity (Wildman–Crippen MR) is 76.9 cm³/mol. The number of hydrogen-bond acceptors (Lipinski definition) is 2. The smallest absolute Gasteiger partial charge is 0.113 e. The minimum atomic E-state index is 0.741. The molecule has 19 heavy (non-hydrogen) atoms. The highest BCUT2D eigenvalue weighted by atomic mass is 15.3. The first-order valence-corrected chi connectivity index (χ1v) is 6.07. The van der Waals surface area contributed by atoms with Gasteiger partial charge in [-0.1, -0.05) is 17.6 Å². The second-order valence-corrected chi connectivity index (χ2v) is 4.46. The molecule has 3 aromatic rings. The molecule has 0 saturated carbocycles. The summed E-state index contributed by atoms with van der Waals surface area (Å²) in [7, 11) is 5.86. The lowest BCUT2D eigenvalue weighted by Crippen LogP contribution is -2.06. The molecule has 0 spiro atoms. The Kier molecular flexibility index (Phi) is 2.92. The van der Waals surface area contributed by atoms with E-state index < -0.39 is 0 Å². The van der Waals surface area contributed by atoms with Crippen molar-refractivity contribution in [2.75, 3.05) is 0 Å². The summed E-state index contributed by atoms with van der Waals surface area (Å²) in [5, 5.41) is 4.53. The van der Waals surface area contributed by atoms with Crippen molar-refractivity contribution in [2.45, 2.75) is 6.92 Å². The highest BCUT2D eigenvalue weighted by Crippen LogP contribution is 2.15. The molecule has 90 valence electrons. The molecule has 0 unspecified atom stereocenters. The van der Waals surface area contributed by atoms with Crippen LogP contribution in [0, 0.1) is 6.92 Å². The normalized spacial score (nSPS) is 10.6. The maximum atomic E-state index is 5.86. The number of aryl methyl sites for hydroxylation is 1. The summed E-state index contributed by atoms with van der Waals surface area (Å²) in [6.07, 6.45) is 3.68. The van der Waals surface area contributed by atoms with Crippen molar-refractivity contribution in [3.63, 3.8) is 0 Å². The van der Waals surface area contributed by atoms with Gasteiger partial charge in [0.1, 0.15) is 13.5 Å². The highest BCUT2D eigenvalue weighted by molar-refractivity contribution is 6.32. The van der Waals surface area contributed by atoms with E-state index in [-0.39, 0.29) is 0 Å². The molecule has 4 heteroatoms. The molecule has 0 atom stereocenters. The Morgan fingerprint density at radius 2 is 1.95 bits per heavy atom. The van der Waals surface area contributed by atoms with Crippen molar-refractivity contribution in [3.05, 3.63) is 60.4 Å². The summed E-state index contributed by atoms with van der Waals surface area (Å²) < 4.78 is 1.81. The lowest BCUT2D eigenvalue weighted by atomic mass is 9.94. The maximum Gasteiger partial charge on any atom is 0.113 e. The van der Waals surface area contributed by atoms with Gasteiger partial charge in [0.05, 0.1) is 11.4 Å². The number of aromatic nitrogens is 3. The van der Waals surface area contributed by atoms with Gasteiger partial charge in [0.25, 0.3) is 0 Å². The van der Waals surface area contributed by atoms with Crippen molar-refractivity contribution in [3.8, 4) is 17.1 Å². The van der Waals surface area contributed by atoms with E-state index in [9.17, 15) is 0 Å². The molecule has 0 N–H and O–H groups in total. The van der Waals surface area contributed by atoms with Gasteiger partial charge in [0, 0.05) is 12.4 Å². The second kappa shape index (κ2) is 4.73. The van der Waals surface area contributed by atoms with Crippen molar-refractivity contribution >= 4 is 13.3 Å². The molecule has 2 heterocycles. The fraction of sp³-hybridized carbons (Fsp3) is 0.0667. The zero-order valence-corrected chi connectivity index (χ0v) is 10.6. The molecule has 0 aliphatic heterocycles. The molecule has 0 aliphatic carbocycles. The van der Waals surface area contributed by atoms with Gasteiger partial charge in [-0.3, -0.25) is 4.98 Å². The molecule has 0 amide bonds. The Morgan fingerprint density at radius 1 is 1.05 bits per heavy atom. The third-order valence-electron chi connectivity index (χ3n) is 2.87. The lowest BCUT2D eigenvalue weighted by molar-refractivity contribution is 0.882. The molecule has 3 rings (SSSR count). The summed E-state index contributed by atoms with van der Waals surface area (Å²) in [4.78, 5) is 4.29. The first-order valence-electron chi connectivity index (χ1n) is 6.07. The first-order chi connectivity index (χ1) is 9.22. The minimum Gasteiger partial charge on any atom is -0.255 e. The quantitative estimate of drug-likeness (QED) is 0.647. The summed E-state index contributed by atoms with van der Waals surface area (Å²) in [6, 6.07) is 13.6. The SMILES string of the molecule is [B]c1cc(C)cc(-n2ccc(-c3ccccn3)n2)c1. The molecular weight excluding hydrogens is 233 g/mol. The van der Waals surface area contributed by atoms with E-state index in [1.54, 1.807) is 6.20 Å². The van der Waals surface area contributed by atoms with Crippen LogP contribution in [0.1, 0.15) is 5.56 Å². The Labute approximate surface area is 113 Å². The van der Waals surface area contributed by atoms with Crippen LogP contribution in [0.25, 0.3) is 17.1 Å². The van der Waals surface area contributed by atoms with Crippen LogP contribution in [0.3, 0.4) is 0 Å². The number of hydrogen-bond donors (Lipinski definition) is 0. The third-order valence-corrected chi connectivity index (χ3v) is 2.87. The van der Waals surface area contributed by atoms with Gasteiger partial charge in [-0.05, 0) is 42.8 Å². The van der Waals surface area contributed by atoms with Gasteiger partial charge in [-0.25, -0.2) is 4.68 Å². The number of nitrogens with zero attached hydrogens (tertiary/aromatic N) is 3. The molecule has 3 nitrogen and oxygen atoms in total. The zero-order chi connectivity index (χ0) is 13.2. The van der Waals surface area contributed by atoms with E-state index in [1.807, 2.05) is 60.3 Å². The van der Waals surface area contributed by atoms with E-state index in [2.05, 4.69) is 10.1 Å². The molecule has 0 bridgehead atoms. The van der Waals surface area contributed by atoms with Crippen LogP contribution in [0.5, 0.6) is 0 Å². The predicted octanol–water partition coefficient (Wildman–Crippen LogP) is 2.04. The van der Waals surface area contributed by atoms with Crippen LogP contribution >= 0.6 is 0 Å². The van der Waals surface area contributed by atoms with E-state index in [0.717, 1.165) is 28.1 Å². The fourth-order valence-electron chi connectivity index (χ4n) is 2.04. The van der Waals surface area contributed by atoms with Crippen molar-refractivity contribution in [1.29, 1.82) is 0 Å². The van der Waals surface area contributed by atoms with Gasteiger partial charge < -0.3 is 0 Å². The monoisotopic (exact) mass is 245 g/mol. The van der Waals surface area contributed by atoms with Gasteiger partial charge in [0.2, 0.25) is 0 Å². The van der Waals surface area contributed by atoms with Crippen LogP contribution in [0.2, 0.25) is 0 Å². The van der Waals surface area contributed by atoms with E-state index in [0.29, 0.717) is 0 Å². The van der Waals surface area contributed by atoms with Gasteiger partial charge in [-0.2, -0.15) is 5.10 Å². The third kappa shape index (κ3) is 2.43. The summed E-state index contributed by atoms with van der Waals surface area (Å²) in [5.41, 5.74) is 4.53. The molecule has 2 radical (unpaired) electrons. The van der Waals surface area contributed by atoms with Crippen molar-refractivity contribution in [2.24, 2.45) is 0 Å². The second-order valence-electron chi connectivity index (χ2n) is 4.46. The van der Waals surface area contributed by atoms with E-state index in [4.69, 9.17) is 7.85 Å². The molecule has 0 aliphatic rings. The first kappa shape index (κ1) is 11.7. The standard InChI is InChI=1S/C15H12BN3/c1-11-8-12(16)10-13(9-11)19-7-5-15(18-19)14-4-2-3-6-17-14/h2-10H,1H3. The Bertz CT molecular complexity index is 684. The van der Waals surface area contributed by atoms with Crippen LogP contribution in [-0.4, -0.2) is 22.6 Å². The molecule has 0 saturated heterocycles. The van der Waals surface area contributed by atoms with Crippen molar-refractivity contribution in [1.82, 2.24) is 14.8 Å².